The van der Waals surface area contributed by atoms with E-state index in [9.17, 15) is 9.59 Å². The molecule has 2 aliphatic heterocycles. The zero-order valence-corrected chi connectivity index (χ0v) is 19.9. The van der Waals surface area contributed by atoms with Crippen molar-refractivity contribution in [2.45, 2.75) is 38.4 Å². The number of aryl methyl sites for hydroxylation is 2. The molecule has 0 spiro atoms. The summed E-state index contributed by atoms with van der Waals surface area (Å²) in [5.74, 6) is -1.04. The van der Waals surface area contributed by atoms with E-state index in [0.29, 0.717) is 11.1 Å². The second-order valence-corrected chi connectivity index (χ2v) is 8.35. The largest absolute Gasteiger partial charge is 0.459 e. The van der Waals surface area contributed by atoms with Crippen LogP contribution in [-0.4, -0.2) is 46.4 Å². The lowest BCUT2D eigenvalue weighted by molar-refractivity contribution is -0.0574. The van der Waals surface area contributed by atoms with Crippen molar-refractivity contribution in [1.82, 2.24) is 9.55 Å². The van der Waals surface area contributed by atoms with Crippen LogP contribution < -0.4 is 10.2 Å². The van der Waals surface area contributed by atoms with Crippen molar-refractivity contribution in [3.05, 3.63) is 88.5 Å². The second-order valence-electron chi connectivity index (χ2n) is 8.35. The van der Waals surface area contributed by atoms with Crippen molar-refractivity contribution >= 4 is 24.3 Å². The molecule has 3 heterocycles. The third-order valence-electron chi connectivity index (χ3n) is 5.83. The Morgan fingerprint density at radius 3 is 2.20 bits per heavy atom. The molecule has 9 nitrogen and oxygen atoms in total. The Labute approximate surface area is 207 Å². The van der Waals surface area contributed by atoms with Gasteiger partial charge in [-0.25, -0.2) is 9.59 Å². The van der Waals surface area contributed by atoms with Crippen LogP contribution in [0.25, 0.3) is 0 Å². The lowest BCUT2D eigenvalue weighted by Crippen LogP contribution is -2.40. The Morgan fingerprint density at radius 2 is 1.57 bits per heavy atom. The Bertz CT molecular complexity index is 1290. The van der Waals surface area contributed by atoms with Gasteiger partial charge in [-0.15, -0.1) is 12.4 Å². The highest BCUT2D eigenvalue weighted by Gasteiger charge is 2.54. The molecule has 0 unspecified atom stereocenters. The van der Waals surface area contributed by atoms with E-state index in [0.717, 1.165) is 11.1 Å². The highest BCUT2D eigenvalue weighted by Crippen LogP contribution is 2.40. The number of aromatic nitrogens is 2. The first-order chi connectivity index (χ1) is 16.4. The van der Waals surface area contributed by atoms with Gasteiger partial charge in [0.15, 0.2) is 23.9 Å². The molecule has 0 bridgehead atoms. The molecule has 35 heavy (non-hydrogen) atoms. The Balaban J connectivity index is 0.00000289. The summed E-state index contributed by atoms with van der Waals surface area (Å²) in [6, 6.07) is 15.8. The van der Waals surface area contributed by atoms with Crippen LogP contribution in [0.2, 0.25) is 0 Å². The monoisotopic (exact) mass is 497 g/mol. The van der Waals surface area contributed by atoms with Crippen LogP contribution >= 0.6 is 12.4 Å². The van der Waals surface area contributed by atoms with Crippen LogP contribution in [0.4, 0.5) is 0 Å². The summed E-state index contributed by atoms with van der Waals surface area (Å²) >= 11 is 0. The SMILES string of the molecule is Cc1ccc(C(=O)OC[C@H]2O[C@@H]3[C@H](Oc4nc(=N)ccn43)[C@@H]2OC(=O)c2ccc(C)cc2)cc1.Cl. The number of ether oxygens (including phenoxy) is 4. The molecule has 3 aromatic rings. The van der Waals surface area contributed by atoms with Gasteiger partial charge >= 0.3 is 17.9 Å². The minimum absolute atomic E-state index is 0. The normalized spacial score (nSPS) is 21.8. The van der Waals surface area contributed by atoms with Gasteiger partial charge in [0.2, 0.25) is 0 Å². The number of rotatable bonds is 5. The number of fused-ring (bicyclic) bond motifs is 3. The zero-order valence-electron chi connectivity index (χ0n) is 19.0. The summed E-state index contributed by atoms with van der Waals surface area (Å²) in [4.78, 5) is 29.5. The third kappa shape index (κ3) is 4.91. The summed E-state index contributed by atoms with van der Waals surface area (Å²) in [6.45, 7) is 3.73. The summed E-state index contributed by atoms with van der Waals surface area (Å²) in [6.07, 6.45) is -1.32. The second kappa shape index (κ2) is 9.89. The van der Waals surface area contributed by atoms with Gasteiger partial charge in [-0.05, 0) is 44.2 Å². The number of nitrogens with zero attached hydrogens (tertiary/aromatic N) is 2. The molecule has 182 valence electrons. The molecule has 1 aromatic heterocycles. The lowest BCUT2D eigenvalue weighted by Gasteiger charge is -2.22. The van der Waals surface area contributed by atoms with Crippen molar-refractivity contribution in [2.75, 3.05) is 6.61 Å². The fourth-order valence-corrected chi connectivity index (χ4v) is 3.96. The highest BCUT2D eigenvalue weighted by atomic mass is 35.5. The maximum Gasteiger partial charge on any atom is 0.338 e. The maximum atomic E-state index is 12.9. The highest BCUT2D eigenvalue weighted by molar-refractivity contribution is 5.90. The van der Waals surface area contributed by atoms with E-state index in [4.69, 9.17) is 24.4 Å². The quantitative estimate of drug-likeness (QED) is 0.539. The third-order valence-corrected chi connectivity index (χ3v) is 5.83. The molecular formula is C25H24ClN3O6. The van der Waals surface area contributed by atoms with Gasteiger partial charge < -0.3 is 18.9 Å². The van der Waals surface area contributed by atoms with Crippen LogP contribution in [0.3, 0.4) is 0 Å². The maximum absolute atomic E-state index is 12.9. The topological polar surface area (TPSA) is 113 Å². The van der Waals surface area contributed by atoms with Gasteiger partial charge in [0.1, 0.15) is 12.7 Å². The number of benzene rings is 2. The molecule has 1 N–H and O–H groups in total. The van der Waals surface area contributed by atoms with Gasteiger partial charge in [-0.2, -0.15) is 4.98 Å². The standard InChI is InChI=1S/C25H23N3O6.ClH/c1-14-3-7-16(8-4-14)23(29)31-13-18-20(33-24(30)17-9-5-15(2)6-10-17)21-22(32-18)28-12-11-19(26)27-25(28)34-21;/h3-12,18,20-22,26H,13H2,1-2H3;1H/t18-,20-,21-,22-;/m1./s1. The molecule has 0 amide bonds. The number of carbonyl (C=O) groups is 2. The van der Waals surface area contributed by atoms with Gasteiger partial charge in [-0.1, -0.05) is 35.4 Å². The first-order valence-electron chi connectivity index (χ1n) is 10.9. The number of carbonyl (C=O) groups excluding carboxylic acids is 2. The first kappa shape index (κ1) is 24.4. The summed E-state index contributed by atoms with van der Waals surface area (Å²) in [7, 11) is 0. The molecule has 0 aliphatic carbocycles. The van der Waals surface area contributed by atoms with E-state index in [1.165, 1.54) is 6.07 Å². The van der Waals surface area contributed by atoms with Crippen molar-refractivity contribution in [3.63, 3.8) is 0 Å². The summed E-state index contributed by atoms with van der Waals surface area (Å²) < 4.78 is 25.0. The van der Waals surface area contributed by atoms with Crippen molar-refractivity contribution in [2.24, 2.45) is 0 Å². The minimum Gasteiger partial charge on any atom is -0.459 e. The number of nitrogens with one attached hydrogen (secondary N) is 1. The van der Waals surface area contributed by atoms with E-state index >= 15 is 0 Å². The van der Waals surface area contributed by atoms with Crippen LogP contribution in [0.1, 0.15) is 38.1 Å². The molecule has 10 heteroatoms. The lowest BCUT2D eigenvalue weighted by atomic mass is 10.1. The van der Waals surface area contributed by atoms with Gasteiger partial charge in [0.25, 0.3) is 0 Å². The molecule has 1 fully saturated rings. The van der Waals surface area contributed by atoms with Crippen LogP contribution in [0.5, 0.6) is 6.01 Å². The number of hydrogen-bond donors (Lipinski definition) is 1. The van der Waals surface area contributed by atoms with Gasteiger partial charge in [0.05, 0.1) is 11.1 Å². The van der Waals surface area contributed by atoms with E-state index < -0.39 is 36.5 Å². The predicted molar refractivity (Wildman–Crippen MR) is 125 cm³/mol. The Kier molecular flexibility index (Phi) is 6.90. The zero-order chi connectivity index (χ0) is 23.8. The fourth-order valence-electron chi connectivity index (χ4n) is 3.96. The molecule has 2 aromatic carbocycles. The number of hydrogen-bond acceptors (Lipinski definition) is 8. The molecule has 4 atom stereocenters. The first-order valence-corrected chi connectivity index (χ1v) is 10.9. The average molecular weight is 498 g/mol. The van der Waals surface area contributed by atoms with Crippen LogP contribution in [0.15, 0.2) is 60.8 Å². The molecule has 5 rings (SSSR count). The van der Waals surface area contributed by atoms with Gasteiger partial charge in [0, 0.05) is 6.20 Å². The van der Waals surface area contributed by atoms with Crippen LogP contribution in [0, 0.1) is 19.3 Å². The molecule has 1 saturated heterocycles. The Hall–Kier alpha value is -3.69. The predicted octanol–water partition coefficient (Wildman–Crippen LogP) is 3.14. The summed E-state index contributed by atoms with van der Waals surface area (Å²) in [5, 5.41) is 7.72. The minimum atomic E-state index is -0.861. The van der Waals surface area contributed by atoms with Crippen molar-refractivity contribution in [3.8, 4) is 6.01 Å². The number of esters is 2. The average Bonchev–Trinajstić information content (AvgIpc) is 3.33. The van der Waals surface area contributed by atoms with Gasteiger partial charge in [-0.3, -0.25) is 9.98 Å². The smallest absolute Gasteiger partial charge is 0.338 e. The van der Waals surface area contributed by atoms with Crippen molar-refractivity contribution < 1.29 is 28.5 Å². The fraction of sp³-hybridized carbons (Fsp3) is 0.280. The van der Waals surface area contributed by atoms with E-state index in [1.807, 2.05) is 38.1 Å². The molecule has 0 radical (unpaired) electrons. The molecular weight excluding hydrogens is 474 g/mol. The van der Waals surface area contributed by atoms with Crippen LogP contribution in [-0.2, 0) is 14.2 Å². The molecule has 2 aliphatic rings. The summed E-state index contributed by atoms with van der Waals surface area (Å²) in [5.41, 5.74) is 2.90. The Morgan fingerprint density at radius 1 is 0.971 bits per heavy atom. The molecule has 0 saturated carbocycles. The van der Waals surface area contributed by atoms with Crippen molar-refractivity contribution in [1.29, 1.82) is 5.41 Å². The number of halogens is 1. The van der Waals surface area contributed by atoms with E-state index in [2.05, 4.69) is 4.98 Å². The van der Waals surface area contributed by atoms with E-state index in [-0.39, 0.29) is 30.5 Å². The van der Waals surface area contributed by atoms with E-state index in [1.54, 1.807) is 35.0 Å².